The second kappa shape index (κ2) is 9.01. The maximum atomic E-state index is 13.6. The van der Waals surface area contributed by atoms with Gasteiger partial charge in [-0.3, -0.25) is 14.5 Å². The van der Waals surface area contributed by atoms with Gasteiger partial charge in [0.2, 0.25) is 5.91 Å². The first kappa shape index (κ1) is 20.0. The molecule has 2 unspecified atom stereocenters. The Morgan fingerprint density at radius 1 is 1.07 bits per heavy atom. The molecular weight excluding hydrogens is 384 g/mol. The molecule has 1 fully saturated rings. The van der Waals surface area contributed by atoms with Gasteiger partial charge in [0, 0.05) is 10.6 Å². The normalized spacial score (nSPS) is 22.0. The fourth-order valence-corrected chi connectivity index (χ4v) is 5.42. The smallest absolute Gasteiger partial charge is 0.323 e. The number of carbonyl (C=O) groups excluding carboxylic acids is 2. The number of thioether (sulfide) groups is 1. The molecule has 29 heavy (non-hydrogen) atoms. The van der Waals surface area contributed by atoms with E-state index in [-0.39, 0.29) is 30.5 Å². The second-order valence-electron chi connectivity index (χ2n) is 7.47. The van der Waals surface area contributed by atoms with Crippen LogP contribution < -0.4 is 4.90 Å². The molecule has 2 atom stereocenters. The molecule has 2 aliphatic rings. The maximum absolute atomic E-state index is 13.6. The minimum Gasteiger partial charge on any atom is -0.468 e. The number of ether oxygens (including phenoxy) is 1. The van der Waals surface area contributed by atoms with E-state index < -0.39 is 0 Å². The topological polar surface area (TPSA) is 49.9 Å². The zero-order valence-electron chi connectivity index (χ0n) is 16.6. The highest BCUT2D eigenvalue weighted by Gasteiger charge is 2.36. The van der Waals surface area contributed by atoms with Crippen LogP contribution in [0.3, 0.4) is 0 Å². The summed E-state index contributed by atoms with van der Waals surface area (Å²) < 4.78 is 4.98. The van der Waals surface area contributed by atoms with Crippen molar-refractivity contribution in [3.63, 3.8) is 0 Å². The third-order valence-corrected chi connectivity index (χ3v) is 6.85. The summed E-state index contributed by atoms with van der Waals surface area (Å²) in [4.78, 5) is 30.9. The van der Waals surface area contributed by atoms with Gasteiger partial charge in [0.25, 0.3) is 0 Å². The fourth-order valence-electron chi connectivity index (χ4n) is 4.25. The number of likely N-dealkylation sites (tertiary alicyclic amines) is 1. The summed E-state index contributed by atoms with van der Waals surface area (Å²) in [7, 11) is 1.42. The van der Waals surface area contributed by atoms with Crippen LogP contribution in [-0.2, 0) is 14.3 Å². The van der Waals surface area contributed by atoms with Gasteiger partial charge in [0.1, 0.15) is 6.04 Å². The summed E-state index contributed by atoms with van der Waals surface area (Å²) in [5.74, 6) is 0.599. The van der Waals surface area contributed by atoms with E-state index in [1.165, 1.54) is 7.11 Å². The van der Waals surface area contributed by atoms with Gasteiger partial charge in [-0.2, -0.15) is 0 Å². The van der Waals surface area contributed by atoms with E-state index >= 15 is 0 Å². The molecular formula is C23H26N2O3S. The standard InChI is InChI=1S/C23H26N2O3S/c1-28-23(27)19-12-7-8-14-24(19)15-22(26)25-18-11-5-6-13-21(18)29-16-20(25)17-9-3-2-4-10-17/h2-6,9-11,13,19-20H,7-8,12,14-16H2,1H3. The third kappa shape index (κ3) is 4.19. The van der Waals surface area contributed by atoms with Crippen molar-refractivity contribution in [1.29, 1.82) is 0 Å². The Bertz CT molecular complexity index is 873. The van der Waals surface area contributed by atoms with Gasteiger partial charge in [0.15, 0.2) is 0 Å². The van der Waals surface area contributed by atoms with E-state index in [4.69, 9.17) is 4.74 Å². The first-order valence-corrected chi connectivity index (χ1v) is 11.1. The molecule has 0 aromatic heterocycles. The van der Waals surface area contributed by atoms with Crippen molar-refractivity contribution in [1.82, 2.24) is 4.90 Å². The first-order chi connectivity index (χ1) is 14.2. The van der Waals surface area contributed by atoms with Crippen LogP contribution >= 0.6 is 11.8 Å². The highest BCUT2D eigenvalue weighted by Crippen LogP contribution is 2.43. The Kier molecular flexibility index (Phi) is 6.21. The highest BCUT2D eigenvalue weighted by molar-refractivity contribution is 7.99. The van der Waals surface area contributed by atoms with Crippen LogP contribution in [0.15, 0.2) is 59.5 Å². The molecule has 1 amide bonds. The van der Waals surface area contributed by atoms with Crippen LogP contribution in [0.4, 0.5) is 5.69 Å². The van der Waals surface area contributed by atoms with Gasteiger partial charge in [-0.05, 0) is 37.1 Å². The van der Waals surface area contributed by atoms with Crippen LogP contribution in [0.1, 0.15) is 30.9 Å². The summed E-state index contributed by atoms with van der Waals surface area (Å²) in [6, 6.07) is 17.9. The number of piperidine rings is 1. The van der Waals surface area contributed by atoms with Crippen LogP contribution in [0, 0.1) is 0 Å². The summed E-state index contributed by atoms with van der Waals surface area (Å²) in [6.45, 7) is 0.966. The third-order valence-electron chi connectivity index (χ3n) is 5.71. The molecule has 5 nitrogen and oxygen atoms in total. The van der Waals surface area contributed by atoms with E-state index in [9.17, 15) is 9.59 Å². The lowest BCUT2D eigenvalue weighted by Gasteiger charge is -2.40. The lowest BCUT2D eigenvalue weighted by atomic mass is 10.0. The van der Waals surface area contributed by atoms with E-state index in [2.05, 4.69) is 18.2 Å². The van der Waals surface area contributed by atoms with Crippen LogP contribution in [0.5, 0.6) is 0 Å². The SMILES string of the molecule is COC(=O)C1CCCCN1CC(=O)N1c2ccccc2SCC1c1ccccc1. The molecule has 4 rings (SSSR count). The van der Waals surface area contributed by atoms with Gasteiger partial charge in [-0.1, -0.05) is 48.9 Å². The number of esters is 1. The number of carbonyl (C=O) groups is 2. The van der Waals surface area contributed by atoms with Gasteiger partial charge < -0.3 is 9.64 Å². The average Bonchev–Trinajstić information content (AvgIpc) is 2.78. The van der Waals surface area contributed by atoms with Crippen LogP contribution in [-0.4, -0.2) is 48.8 Å². The molecule has 0 radical (unpaired) electrons. The molecule has 152 valence electrons. The number of methoxy groups -OCH3 is 1. The predicted octanol–water partition coefficient (Wildman–Crippen LogP) is 3.89. The number of rotatable bonds is 4. The minimum atomic E-state index is -0.331. The second-order valence-corrected chi connectivity index (χ2v) is 8.54. The molecule has 1 saturated heterocycles. The van der Waals surface area contributed by atoms with Gasteiger partial charge in [0.05, 0.1) is 25.4 Å². The molecule has 0 bridgehead atoms. The number of amides is 1. The Hall–Kier alpha value is -2.31. The van der Waals surface area contributed by atoms with E-state index in [1.807, 2.05) is 46.2 Å². The summed E-state index contributed by atoms with van der Waals surface area (Å²) >= 11 is 1.79. The summed E-state index contributed by atoms with van der Waals surface area (Å²) in [6.07, 6.45) is 2.73. The van der Waals surface area contributed by atoms with E-state index in [0.717, 1.165) is 47.7 Å². The molecule has 2 aromatic rings. The summed E-state index contributed by atoms with van der Waals surface area (Å²) in [5.41, 5.74) is 2.08. The number of fused-ring (bicyclic) bond motifs is 1. The highest BCUT2D eigenvalue weighted by atomic mass is 32.2. The number of nitrogens with zero attached hydrogens (tertiary/aromatic N) is 2. The van der Waals surface area contributed by atoms with Crippen molar-refractivity contribution >= 4 is 29.3 Å². The molecule has 2 aromatic carbocycles. The Balaban J connectivity index is 1.63. The van der Waals surface area contributed by atoms with Crippen molar-refractivity contribution < 1.29 is 14.3 Å². The average molecular weight is 411 g/mol. The first-order valence-electron chi connectivity index (χ1n) is 10.1. The Labute approximate surface area is 176 Å². The van der Waals surface area contributed by atoms with Crippen molar-refractivity contribution in [3.05, 3.63) is 60.2 Å². The lowest BCUT2D eigenvalue weighted by molar-refractivity contribution is -0.148. The van der Waals surface area contributed by atoms with Gasteiger partial charge in [-0.25, -0.2) is 0 Å². The fraction of sp³-hybridized carbons (Fsp3) is 0.391. The quantitative estimate of drug-likeness (QED) is 0.716. The van der Waals surface area contributed by atoms with Gasteiger partial charge >= 0.3 is 5.97 Å². The molecule has 0 aliphatic carbocycles. The zero-order chi connectivity index (χ0) is 20.2. The number of benzene rings is 2. The number of para-hydroxylation sites is 1. The number of hydrogen-bond donors (Lipinski definition) is 0. The Morgan fingerprint density at radius 2 is 1.83 bits per heavy atom. The van der Waals surface area contributed by atoms with E-state index in [0.29, 0.717) is 0 Å². The maximum Gasteiger partial charge on any atom is 0.323 e. The van der Waals surface area contributed by atoms with E-state index in [1.54, 1.807) is 11.8 Å². The monoisotopic (exact) mass is 410 g/mol. The lowest BCUT2D eigenvalue weighted by Crippen LogP contribution is -2.51. The largest absolute Gasteiger partial charge is 0.468 e. The Morgan fingerprint density at radius 3 is 2.62 bits per heavy atom. The predicted molar refractivity (Wildman–Crippen MR) is 115 cm³/mol. The van der Waals surface area contributed by atoms with Crippen molar-refractivity contribution in [2.75, 3.05) is 30.9 Å². The zero-order valence-corrected chi connectivity index (χ0v) is 17.4. The molecule has 6 heteroatoms. The molecule has 0 saturated carbocycles. The molecule has 0 N–H and O–H groups in total. The van der Waals surface area contributed by atoms with Crippen molar-refractivity contribution in [2.45, 2.75) is 36.2 Å². The molecule has 0 spiro atoms. The van der Waals surface area contributed by atoms with Crippen molar-refractivity contribution in [2.24, 2.45) is 0 Å². The van der Waals surface area contributed by atoms with Crippen molar-refractivity contribution in [3.8, 4) is 0 Å². The number of hydrogen-bond acceptors (Lipinski definition) is 5. The van der Waals surface area contributed by atoms with Crippen LogP contribution in [0.25, 0.3) is 0 Å². The minimum absolute atomic E-state index is 0.0232. The molecule has 2 heterocycles. The number of anilines is 1. The molecule has 2 aliphatic heterocycles. The van der Waals surface area contributed by atoms with Gasteiger partial charge in [-0.15, -0.1) is 11.8 Å². The summed E-state index contributed by atoms with van der Waals surface area (Å²) in [5, 5.41) is 0. The van der Waals surface area contributed by atoms with Crippen LogP contribution in [0.2, 0.25) is 0 Å².